The van der Waals surface area contributed by atoms with Gasteiger partial charge in [-0.1, -0.05) is 6.92 Å². The fourth-order valence-corrected chi connectivity index (χ4v) is 2.08. The fourth-order valence-electron chi connectivity index (χ4n) is 2.08. The second-order valence-corrected chi connectivity index (χ2v) is 4.38. The first-order chi connectivity index (χ1) is 9.35. The molecule has 1 N–H and O–H groups in total. The zero-order chi connectivity index (χ0) is 13.5. The molecule has 0 amide bonds. The molecule has 4 nitrogen and oxygen atoms in total. The summed E-state index contributed by atoms with van der Waals surface area (Å²) in [6.07, 6.45) is 5.49. The first-order valence-electron chi connectivity index (χ1n) is 6.76. The molecule has 0 atom stereocenters. The Kier molecular flexibility index (Phi) is 4.98. The zero-order valence-corrected chi connectivity index (χ0v) is 11.6. The summed E-state index contributed by atoms with van der Waals surface area (Å²) in [5.74, 6) is 0.980. The Morgan fingerprint density at radius 3 is 2.89 bits per heavy atom. The van der Waals surface area contributed by atoms with Crippen molar-refractivity contribution >= 4 is 5.69 Å². The fraction of sp³-hybridized carbons (Fsp3) is 0.400. The van der Waals surface area contributed by atoms with Gasteiger partial charge in [-0.05, 0) is 31.7 Å². The summed E-state index contributed by atoms with van der Waals surface area (Å²) in [5.41, 5.74) is 2.44. The number of furan rings is 1. The molecule has 0 saturated carbocycles. The van der Waals surface area contributed by atoms with Crippen LogP contribution in [0.1, 0.15) is 25.2 Å². The number of aromatic nitrogens is 1. The van der Waals surface area contributed by atoms with Crippen LogP contribution in [-0.2, 0) is 13.1 Å². The highest BCUT2D eigenvalue weighted by Crippen LogP contribution is 2.21. The Bertz CT molecular complexity index is 482. The van der Waals surface area contributed by atoms with E-state index in [-0.39, 0.29) is 0 Å². The topological polar surface area (TPSA) is 41.3 Å². The minimum atomic E-state index is 0.784. The molecule has 2 heterocycles. The lowest BCUT2D eigenvalue weighted by Gasteiger charge is -2.24. The minimum absolute atomic E-state index is 0.784. The molecular formula is C15H21N3O. The summed E-state index contributed by atoms with van der Waals surface area (Å²) in [4.78, 5) is 6.52. The molecule has 0 bridgehead atoms. The predicted octanol–water partition coefficient (Wildman–Crippen LogP) is 2.81. The van der Waals surface area contributed by atoms with E-state index in [1.807, 2.05) is 24.5 Å². The Hall–Kier alpha value is -1.81. The standard InChI is InChI=1S/C15H21N3O/c1-3-16-10-13-11-17-8-7-15(13)18(4-2)12-14-6-5-9-19-14/h5-9,11,16H,3-4,10,12H2,1-2H3. The number of nitrogens with one attached hydrogen (secondary N) is 1. The molecule has 0 aromatic carbocycles. The van der Waals surface area contributed by atoms with Gasteiger partial charge < -0.3 is 14.6 Å². The van der Waals surface area contributed by atoms with Gasteiger partial charge in [0.05, 0.1) is 12.8 Å². The van der Waals surface area contributed by atoms with Gasteiger partial charge in [0.15, 0.2) is 0 Å². The number of hydrogen-bond acceptors (Lipinski definition) is 4. The van der Waals surface area contributed by atoms with Gasteiger partial charge in [0.1, 0.15) is 5.76 Å². The van der Waals surface area contributed by atoms with Gasteiger partial charge in [0, 0.05) is 36.7 Å². The summed E-state index contributed by atoms with van der Waals surface area (Å²) in [5, 5.41) is 3.35. The van der Waals surface area contributed by atoms with Crippen LogP contribution in [0, 0.1) is 0 Å². The molecule has 0 unspecified atom stereocenters. The molecule has 19 heavy (non-hydrogen) atoms. The van der Waals surface area contributed by atoms with Crippen molar-refractivity contribution in [1.82, 2.24) is 10.3 Å². The van der Waals surface area contributed by atoms with E-state index in [4.69, 9.17) is 4.42 Å². The van der Waals surface area contributed by atoms with Crippen molar-refractivity contribution in [2.24, 2.45) is 0 Å². The van der Waals surface area contributed by atoms with Crippen LogP contribution in [0.3, 0.4) is 0 Å². The maximum atomic E-state index is 5.44. The molecule has 0 saturated heterocycles. The first-order valence-corrected chi connectivity index (χ1v) is 6.76. The van der Waals surface area contributed by atoms with Gasteiger partial charge in [-0.25, -0.2) is 0 Å². The molecule has 0 aliphatic heterocycles. The van der Waals surface area contributed by atoms with Crippen molar-refractivity contribution < 1.29 is 4.42 Å². The van der Waals surface area contributed by atoms with Crippen molar-refractivity contribution in [1.29, 1.82) is 0 Å². The number of nitrogens with zero attached hydrogens (tertiary/aromatic N) is 2. The van der Waals surface area contributed by atoms with Crippen LogP contribution in [0.15, 0.2) is 41.3 Å². The monoisotopic (exact) mass is 259 g/mol. The summed E-state index contributed by atoms with van der Waals surface area (Å²) in [6, 6.07) is 6.00. The van der Waals surface area contributed by atoms with Crippen LogP contribution in [0.2, 0.25) is 0 Å². The van der Waals surface area contributed by atoms with E-state index in [0.29, 0.717) is 0 Å². The highest BCUT2D eigenvalue weighted by atomic mass is 16.3. The van der Waals surface area contributed by atoms with Gasteiger partial charge >= 0.3 is 0 Å². The van der Waals surface area contributed by atoms with Crippen molar-refractivity contribution in [3.05, 3.63) is 48.2 Å². The average molecular weight is 259 g/mol. The molecule has 102 valence electrons. The summed E-state index contributed by atoms with van der Waals surface area (Å²) in [6.45, 7) is 7.78. The van der Waals surface area contributed by atoms with Crippen molar-refractivity contribution in [3.63, 3.8) is 0 Å². The molecule has 2 rings (SSSR count). The van der Waals surface area contributed by atoms with E-state index in [0.717, 1.165) is 31.9 Å². The van der Waals surface area contributed by atoms with E-state index in [2.05, 4.69) is 35.1 Å². The predicted molar refractivity (Wildman–Crippen MR) is 77.0 cm³/mol. The van der Waals surface area contributed by atoms with Crippen molar-refractivity contribution in [2.75, 3.05) is 18.0 Å². The smallest absolute Gasteiger partial charge is 0.123 e. The van der Waals surface area contributed by atoms with Crippen LogP contribution in [-0.4, -0.2) is 18.1 Å². The normalized spacial score (nSPS) is 10.6. The third-order valence-corrected chi connectivity index (χ3v) is 3.09. The van der Waals surface area contributed by atoms with Gasteiger partial charge in [0.25, 0.3) is 0 Å². The van der Waals surface area contributed by atoms with Crippen molar-refractivity contribution in [2.45, 2.75) is 26.9 Å². The molecular weight excluding hydrogens is 238 g/mol. The average Bonchev–Trinajstić information content (AvgIpc) is 2.96. The molecule has 0 spiro atoms. The Labute approximate surface area is 114 Å². The number of hydrogen-bond donors (Lipinski definition) is 1. The molecule has 0 aliphatic rings. The number of rotatable bonds is 7. The van der Waals surface area contributed by atoms with E-state index < -0.39 is 0 Å². The molecule has 0 aliphatic carbocycles. The Morgan fingerprint density at radius 2 is 2.21 bits per heavy atom. The number of pyridine rings is 1. The van der Waals surface area contributed by atoms with Crippen molar-refractivity contribution in [3.8, 4) is 0 Å². The van der Waals surface area contributed by atoms with E-state index in [1.165, 1.54) is 11.3 Å². The van der Waals surface area contributed by atoms with Crippen LogP contribution < -0.4 is 10.2 Å². The highest BCUT2D eigenvalue weighted by molar-refractivity contribution is 5.52. The SMILES string of the molecule is CCNCc1cnccc1N(CC)Cc1ccco1. The number of anilines is 1. The van der Waals surface area contributed by atoms with E-state index in [9.17, 15) is 0 Å². The van der Waals surface area contributed by atoms with Gasteiger partial charge in [-0.2, -0.15) is 0 Å². The summed E-state index contributed by atoms with van der Waals surface area (Å²) < 4.78 is 5.44. The van der Waals surface area contributed by atoms with Gasteiger partial charge in [-0.15, -0.1) is 0 Å². The second-order valence-electron chi connectivity index (χ2n) is 4.38. The molecule has 0 fully saturated rings. The third-order valence-electron chi connectivity index (χ3n) is 3.09. The van der Waals surface area contributed by atoms with Crippen LogP contribution in [0.25, 0.3) is 0 Å². The van der Waals surface area contributed by atoms with Gasteiger partial charge in [-0.3, -0.25) is 4.98 Å². The maximum absolute atomic E-state index is 5.44. The maximum Gasteiger partial charge on any atom is 0.123 e. The lowest BCUT2D eigenvalue weighted by Crippen LogP contribution is -2.24. The molecule has 2 aromatic heterocycles. The minimum Gasteiger partial charge on any atom is -0.467 e. The van der Waals surface area contributed by atoms with E-state index >= 15 is 0 Å². The Morgan fingerprint density at radius 1 is 1.32 bits per heavy atom. The molecule has 2 aromatic rings. The second kappa shape index (κ2) is 6.95. The highest BCUT2D eigenvalue weighted by Gasteiger charge is 2.11. The van der Waals surface area contributed by atoms with Crippen LogP contribution >= 0.6 is 0 Å². The Balaban J connectivity index is 2.17. The van der Waals surface area contributed by atoms with E-state index in [1.54, 1.807) is 6.26 Å². The lowest BCUT2D eigenvalue weighted by atomic mass is 10.2. The summed E-state index contributed by atoms with van der Waals surface area (Å²) in [7, 11) is 0. The lowest BCUT2D eigenvalue weighted by molar-refractivity contribution is 0.503. The van der Waals surface area contributed by atoms with Crippen LogP contribution in [0.4, 0.5) is 5.69 Å². The molecule has 0 radical (unpaired) electrons. The summed E-state index contributed by atoms with van der Waals surface area (Å²) >= 11 is 0. The van der Waals surface area contributed by atoms with Gasteiger partial charge in [0.2, 0.25) is 0 Å². The molecule has 4 heteroatoms. The quantitative estimate of drug-likeness (QED) is 0.830. The largest absolute Gasteiger partial charge is 0.467 e. The third kappa shape index (κ3) is 3.58. The first kappa shape index (κ1) is 13.6. The van der Waals surface area contributed by atoms with Crippen LogP contribution in [0.5, 0.6) is 0 Å². The zero-order valence-electron chi connectivity index (χ0n) is 11.6.